The summed E-state index contributed by atoms with van der Waals surface area (Å²) in [6.45, 7) is 9.78. The molecule has 1 amide bonds. The fourth-order valence-corrected chi connectivity index (χ4v) is 3.16. The van der Waals surface area contributed by atoms with Gasteiger partial charge in [-0.3, -0.25) is 4.79 Å². The second-order valence-corrected chi connectivity index (χ2v) is 6.46. The Bertz CT molecular complexity index is 511. The first-order chi connectivity index (χ1) is 9.86. The van der Waals surface area contributed by atoms with Gasteiger partial charge in [0.25, 0.3) is 0 Å². The summed E-state index contributed by atoms with van der Waals surface area (Å²) in [7, 11) is 0. The van der Waals surface area contributed by atoms with Crippen LogP contribution < -0.4 is 10.6 Å². The fourth-order valence-electron chi connectivity index (χ4n) is 3.16. The van der Waals surface area contributed by atoms with E-state index < -0.39 is 0 Å². The lowest BCUT2D eigenvalue weighted by Crippen LogP contribution is -2.45. The van der Waals surface area contributed by atoms with E-state index in [0.717, 1.165) is 25.1 Å². The van der Waals surface area contributed by atoms with Crippen molar-refractivity contribution in [1.29, 1.82) is 0 Å². The number of benzene rings is 1. The van der Waals surface area contributed by atoms with Crippen LogP contribution in [0.15, 0.2) is 12.1 Å². The van der Waals surface area contributed by atoms with E-state index in [2.05, 4.69) is 24.5 Å². The topological polar surface area (TPSA) is 41.1 Å². The minimum Gasteiger partial charge on any atom is -0.351 e. The predicted molar refractivity (Wildman–Crippen MR) is 82.5 cm³/mol. The first kappa shape index (κ1) is 16.0. The summed E-state index contributed by atoms with van der Waals surface area (Å²) >= 11 is 0. The van der Waals surface area contributed by atoms with Crippen molar-refractivity contribution in [3.05, 3.63) is 34.6 Å². The molecule has 1 atom stereocenters. The SMILES string of the molecule is Cc1cc(CNC(=O)C2(C(C)C)CCNC2)cc(C)c1F. The smallest absolute Gasteiger partial charge is 0.228 e. The quantitative estimate of drug-likeness (QED) is 0.896. The van der Waals surface area contributed by atoms with Gasteiger partial charge in [-0.2, -0.15) is 0 Å². The lowest BCUT2D eigenvalue weighted by atomic mass is 9.75. The summed E-state index contributed by atoms with van der Waals surface area (Å²) in [6, 6.07) is 3.61. The Morgan fingerprint density at radius 1 is 1.38 bits per heavy atom. The monoisotopic (exact) mass is 292 g/mol. The van der Waals surface area contributed by atoms with Gasteiger partial charge in [0.2, 0.25) is 5.91 Å². The summed E-state index contributed by atoms with van der Waals surface area (Å²) in [5, 5.41) is 6.32. The number of carbonyl (C=O) groups is 1. The molecule has 2 N–H and O–H groups in total. The van der Waals surface area contributed by atoms with Crippen LogP contribution in [0.25, 0.3) is 0 Å². The summed E-state index contributed by atoms with van der Waals surface area (Å²) in [4.78, 5) is 12.6. The molecule has 1 aliphatic heterocycles. The summed E-state index contributed by atoms with van der Waals surface area (Å²) < 4.78 is 13.6. The molecule has 1 fully saturated rings. The van der Waals surface area contributed by atoms with Gasteiger partial charge < -0.3 is 10.6 Å². The highest BCUT2D eigenvalue weighted by Gasteiger charge is 2.43. The van der Waals surface area contributed by atoms with Crippen molar-refractivity contribution >= 4 is 5.91 Å². The highest BCUT2D eigenvalue weighted by molar-refractivity contribution is 5.83. The number of hydrogen-bond acceptors (Lipinski definition) is 2. The van der Waals surface area contributed by atoms with Crippen LogP contribution in [0.2, 0.25) is 0 Å². The molecule has 0 saturated carbocycles. The van der Waals surface area contributed by atoms with Crippen LogP contribution in [0.3, 0.4) is 0 Å². The summed E-state index contributed by atoms with van der Waals surface area (Å²) in [5.41, 5.74) is 1.88. The Balaban J connectivity index is 2.07. The lowest BCUT2D eigenvalue weighted by molar-refractivity contribution is -0.132. The second-order valence-electron chi connectivity index (χ2n) is 6.46. The van der Waals surface area contributed by atoms with Crippen LogP contribution >= 0.6 is 0 Å². The van der Waals surface area contributed by atoms with Crippen LogP contribution in [-0.2, 0) is 11.3 Å². The molecule has 0 bridgehead atoms. The molecular weight excluding hydrogens is 267 g/mol. The maximum absolute atomic E-state index is 13.6. The first-order valence-electron chi connectivity index (χ1n) is 7.61. The average molecular weight is 292 g/mol. The molecule has 21 heavy (non-hydrogen) atoms. The van der Waals surface area contributed by atoms with Crippen molar-refractivity contribution in [3.8, 4) is 0 Å². The van der Waals surface area contributed by atoms with Gasteiger partial charge in [0.15, 0.2) is 0 Å². The maximum Gasteiger partial charge on any atom is 0.228 e. The van der Waals surface area contributed by atoms with Gasteiger partial charge in [-0.25, -0.2) is 4.39 Å². The molecule has 1 heterocycles. The Hall–Kier alpha value is -1.42. The molecule has 1 aromatic rings. The lowest BCUT2D eigenvalue weighted by Gasteiger charge is -2.31. The summed E-state index contributed by atoms with van der Waals surface area (Å²) in [5.74, 6) is 0.232. The minimum atomic E-state index is -0.315. The number of aryl methyl sites for hydroxylation is 2. The molecule has 3 nitrogen and oxygen atoms in total. The minimum absolute atomic E-state index is 0.0992. The zero-order valence-corrected chi connectivity index (χ0v) is 13.3. The molecule has 1 aliphatic rings. The van der Waals surface area contributed by atoms with Crippen molar-refractivity contribution < 1.29 is 9.18 Å². The van der Waals surface area contributed by atoms with Gasteiger partial charge in [0, 0.05) is 13.1 Å². The maximum atomic E-state index is 13.6. The van der Waals surface area contributed by atoms with Crippen LogP contribution in [0.1, 0.15) is 37.0 Å². The number of carbonyl (C=O) groups excluding carboxylic acids is 1. The average Bonchev–Trinajstić information content (AvgIpc) is 2.92. The Labute approximate surface area is 126 Å². The van der Waals surface area contributed by atoms with Crippen molar-refractivity contribution in [2.24, 2.45) is 11.3 Å². The van der Waals surface area contributed by atoms with E-state index in [-0.39, 0.29) is 17.1 Å². The van der Waals surface area contributed by atoms with Crippen LogP contribution in [0.4, 0.5) is 4.39 Å². The van der Waals surface area contributed by atoms with Crippen molar-refractivity contribution in [1.82, 2.24) is 10.6 Å². The molecule has 0 spiro atoms. The van der Waals surface area contributed by atoms with Gasteiger partial charge in [-0.15, -0.1) is 0 Å². The Morgan fingerprint density at radius 3 is 2.48 bits per heavy atom. The van der Waals surface area contributed by atoms with E-state index in [4.69, 9.17) is 0 Å². The molecule has 1 unspecified atom stereocenters. The molecule has 0 radical (unpaired) electrons. The number of rotatable bonds is 4. The van der Waals surface area contributed by atoms with Gasteiger partial charge in [-0.1, -0.05) is 26.0 Å². The molecule has 1 aromatic carbocycles. The van der Waals surface area contributed by atoms with E-state index in [1.807, 2.05) is 0 Å². The Kier molecular flexibility index (Phi) is 4.67. The molecule has 2 rings (SSSR count). The zero-order chi connectivity index (χ0) is 15.6. The van der Waals surface area contributed by atoms with Gasteiger partial charge in [-0.05, 0) is 49.4 Å². The highest BCUT2D eigenvalue weighted by atomic mass is 19.1. The first-order valence-corrected chi connectivity index (χ1v) is 7.61. The van der Waals surface area contributed by atoms with Crippen LogP contribution in [-0.4, -0.2) is 19.0 Å². The molecule has 1 saturated heterocycles. The number of hydrogen-bond donors (Lipinski definition) is 2. The molecule has 0 aliphatic carbocycles. The highest BCUT2D eigenvalue weighted by Crippen LogP contribution is 2.34. The molecule has 0 aromatic heterocycles. The Morgan fingerprint density at radius 2 is 2.00 bits per heavy atom. The standard InChI is InChI=1S/C17H25FN2O/c1-11(2)17(5-6-19-10-17)16(21)20-9-14-7-12(3)15(18)13(4)8-14/h7-8,11,19H,5-6,9-10H2,1-4H3,(H,20,21). The molecule has 116 valence electrons. The van der Waals surface area contributed by atoms with Crippen LogP contribution in [0.5, 0.6) is 0 Å². The van der Waals surface area contributed by atoms with Gasteiger partial charge in [0.1, 0.15) is 5.82 Å². The van der Waals surface area contributed by atoms with E-state index in [1.165, 1.54) is 0 Å². The third-order valence-electron chi connectivity index (χ3n) is 4.70. The predicted octanol–water partition coefficient (Wildman–Crippen LogP) is 2.69. The van der Waals surface area contributed by atoms with E-state index >= 15 is 0 Å². The molecular formula is C17H25FN2O. The number of amides is 1. The third-order valence-corrected chi connectivity index (χ3v) is 4.70. The van der Waals surface area contributed by atoms with Crippen molar-refractivity contribution in [3.63, 3.8) is 0 Å². The summed E-state index contributed by atoms with van der Waals surface area (Å²) in [6.07, 6.45) is 0.873. The number of nitrogens with one attached hydrogen (secondary N) is 2. The van der Waals surface area contributed by atoms with Crippen molar-refractivity contribution in [2.45, 2.75) is 40.7 Å². The van der Waals surface area contributed by atoms with E-state index in [0.29, 0.717) is 23.6 Å². The second kappa shape index (κ2) is 6.14. The van der Waals surface area contributed by atoms with E-state index in [1.54, 1.807) is 26.0 Å². The number of halogens is 1. The third kappa shape index (κ3) is 3.10. The van der Waals surface area contributed by atoms with Crippen molar-refractivity contribution in [2.75, 3.05) is 13.1 Å². The van der Waals surface area contributed by atoms with Gasteiger partial charge in [0.05, 0.1) is 5.41 Å². The zero-order valence-electron chi connectivity index (χ0n) is 13.3. The fraction of sp³-hybridized carbons (Fsp3) is 0.588. The molecule has 4 heteroatoms. The van der Waals surface area contributed by atoms with Crippen LogP contribution in [0, 0.1) is 31.0 Å². The normalized spacial score (nSPS) is 21.8. The van der Waals surface area contributed by atoms with Gasteiger partial charge >= 0.3 is 0 Å². The largest absolute Gasteiger partial charge is 0.351 e. The van der Waals surface area contributed by atoms with E-state index in [9.17, 15) is 9.18 Å².